The first-order valence-electron chi connectivity index (χ1n) is 6.35. The van der Waals surface area contributed by atoms with Gasteiger partial charge >= 0.3 is 6.18 Å². The summed E-state index contributed by atoms with van der Waals surface area (Å²) in [4.78, 5) is 23.6. The Bertz CT molecular complexity index is 575. The third-order valence-corrected chi connectivity index (χ3v) is 3.36. The van der Waals surface area contributed by atoms with Gasteiger partial charge in [0.25, 0.3) is 0 Å². The van der Waals surface area contributed by atoms with E-state index in [0.29, 0.717) is 0 Å². The molecule has 2 amide bonds. The highest BCUT2D eigenvalue weighted by Gasteiger charge is 2.38. The number of carbonyl (C=O) groups is 2. The summed E-state index contributed by atoms with van der Waals surface area (Å²) in [6.07, 6.45) is -5.46. The number of methoxy groups -OCH3 is 1. The standard InChI is InChI=1S/C14H17F3N2O3/c1-8(22-3)11(20)19-13(2,12(18)21)9-5-4-6-10(7-9)14(15,16)17/h4-8H,1-3H3,(H2,18,21)(H,19,20)/t8-,13+/m1/s1. The van der Waals surface area contributed by atoms with Gasteiger partial charge in [-0.1, -0.05) is 12.1 Å². The third-order valence-electron chi connectivity index (χ3n) is 3.36. The van der Waals surface area contributed by atoms with Crippen LogP contribution in [-0.4, -0.2) is 25.0 Å². The summed E-state index contributed by atoms with van der Waals surface area (Å²) in [6.45, 7) is 2.67. The van der Waals surface area contributed by atoms with Crippen LogP contribution in [0.15, 0.2) is 24.3 Å². The highest BCUT2D eigenvalue weighted by atomic mass is 19.4. The van der Waals surface area contributed by atoms with Crippen LogP contribution < -0.4 is 11.1 Å². The van der Waals surface area contributed by atoms with Crippen molar-refractivity contribution in [3.63, 3.8) is 0 Å². The van der Waals surface area contributed by atoms with E-state index in [0.717, 1.165) is 18.2 Å². The van der Waals surface area contributed by atoms with Crippen LogP contribution in [-0.2, 0) is 26.0 Å². The molecule has 22 heavy (non-hydrogen) atoms. The van der Waals surface area contributed by atoms with Crippen molar-refractivity contribution in [3.05, 3.63) is 35.4 Å². The molecule has 1 aromatic rings. The lowest BCUT2D eigenvalue weighted by Crippen LogP contribution is -2.55. The molecule has 0 bridgehead atoms. The molecule has 0 fully saturated rings. The lowest BCUT2D eigenvalue weighted by molar-refractivity contribution is -0.138. The first kappa shape index (κ1) is 18.0. The van der Waals surface area contributed by atoms with Crippen LogP contribution in [0.25, 0.3) is 0 Å². The van der Waals surface area contributed by atoms with Crippen molar-refractivity contribution in [2.24, 2.45) is 5.73 Å². The van der Waals surface area contributed by atoms with Crippen molar-refractivity contribution in [2.45, 2.75) is 31.7 Å². The highest BCUT2D eigenvalue weighted by Crippen LogP contribution is 2.32. The van der Waals surface area contributed by atoms with Gasteiger partial charge in [0.2, 0.25) is 11.8 Å². The highest BCUT2D eigenvalue weighted by molar-refractivity contribution is 5.92. The number of halogens is 3. The molecule has 0 aliphatic rings. The molecule has 0 saturated carbocycles. The molecule has 1 aromatic carbocycles. The Morgan fingerprint density at radius 1 is 1.27 bits per heavy atom. The normalized spacial score (nSPS) is 15.7. The molecule has 3 N–H and O–H groups in total. The molecule has 8 heteroatoms. The summed E-state index contributed by atoms with van der Waals surface area (Å²) in [6, 6.07) is 4.08. The number of carbonyl (C=O) groups excluding carboxylic acids is 2. The van der Waals surface area contributed by atoms with Crippen molar-refractivity contribution in [3.8, 4) is 0 Å². The molecule has 0 spiro atoms. The SMILES string of the molecule is CO[C@H](C)C(=O)N[C@](C)(C(N)=O)c1cccc(C(F)(F)F)c1. The van der Waals surface area contributed by atoms with E-state index in [1.165, 1.54) is 27.0 Å². The van der Waals surface area contributed by atoms with E-state index in [1.54, 1.807) is 0 Å². The summed E-state index contributed by atoms with van der Waals surface area (Å²) >= 11 is 0. The minimum Gasteiger partial charge on any atom is -0.372 e. The van der Waals surface area contributed by atoms with Gasteiger partial charge in [0.1, 0.15) is 11.6 Å². The van der Waals surface area contributed by atoms with Gasteiger partial charge in [0.05, 0.1) is 5.56 Å². The van der Waals surface area contributed by atoms with Crippen LogP contribution in [0.3, 0.4) is 0 Å². The van der Waals surface area contributed by atoms with Crippen LogP contribution in [0, 0.1) is 0 Å². The topological polar surface area (TPSA) is 81.4 Å². The van der Waals surface area contributed by atoms with Crippen LogP contribution >= 0.6 is 0 Å². The van der Waals surface area contributed by atoms with E-state index in [9.17, 15) is 22.8 Å². The Labute approximate surface area is 125 Å². The Morgan fingerprint density at radius 2 is 1.82 bits per heavy atom. The van der Waals surface area contributed by atoms with E-state index < -0.39 is 35.2 Å². The number of primary amides is 1. The summed E-state index contributed by atoms with van der Waals surface area (Å²) in [5, 5.41) is 2.33. The second-order valence-corrected chi connectivity index (χ2v) is 4.93. The minimum absolute atomic E-state index is 0.0634. The molecule has 0 aliphatic carbocycles. The molecule has 122 valence electrons. The molecule has 0 radical (unpaired) electrons. The van der Waals surface area contributed by atoms with Crippen molar-refractivity contribution < 1.29 is 27.5 Å². The second kappa shape index (κ2) is 6.35. The molecular weight excluding hydrogens is 301 g/mol. The second-order valence-electron chi connectivity index (χ2n) is 4.93. The van der Waals surface area contributed by atoms with Gasteiger partial charge in [-0.15, -0.1) is 0 Å². The smallest absolute Gasteiger partial charge is 0.372 e. The zero-order valence-electron chi connectivity index (χ0n) is 12.3. The maximum Gasteiger partial charge on any atom is 0.416 e. The average molecular weight is 318 g/mol. The predicted molar refractivity (Wildman–Crippen MR) is 72.6 cm³/mol. The van der Waals surface area contributed by atoms with Gasteiger partial charge in [-0.2, -0.15) is 13.2 Å². The number of amides is 2. The van der Waals surface area contributed by atoms with Gasteiger partial charge in [-0.05, 0) is 31.5 Å². The number of nitrogens with one attached hydrogen (secondary N) is 1. The van der Waals surface area contributed by atoms with E-state index in [4.69, 9.17) is 10.5 Å². The zero-order chi connectivity index (χ0) is 17.1. The Balaban J connectivity index is 3.26. The molecule has 2 atom stereocenters. The first-order valence-corrected chi connectivity index (χ1v) is 6.35. The Hall–Kier alpha value is -2.09. The fraction of sp³-hybridized carbons (Fsp3) is 0.429. The molecule has 1 rings (SSSR count). The summed E-state index contributed by atoms with van der Waals surface area (Å²) < 4.78 is 43.1. The van der Waals surface area contributed by atoms with Gasteiger partial charge in [0.15, 0.2) is 0 Å². The third kappa shape index (κ3) is 3.76. The number of hydrogen-bond acceptors (Lipinski definition) is 3. The molecule has 0 heterocycles. The molecule has 5 nitrogen and oxygen atoms in total. The Morgan fingerprint density at radius 3 is 2.27 bits per heavy atom. The van der Waals surface area contributed by atoms with E-state index in [1.807, 2.05) is 0 Å². The van der Waals surface area contributed by atoms with Gasteiger partial charge in [0, 0.05) is 7.11 Å². The van der Waals surface area contributed by atoms with E-state index >= 15 is 0 Å². The largest absolute Gasteiger partial charge is 0.416 e. The number of nitrogens with two attached hydrogens (primary N) is 1. The molecular formula is C14H17F3N2O3. The predicted octanol–water partition coefficient (Wildman–Crippen LogP) is 1.56. The van der Waals surface area contributed by atoms with Crippen LogP contribution in [0.1, 0.15) is 25.0 Å². The lowest BCUT2D eigenvalue weighted by Gasteiger charge is -2.29. The van der Waals surface area contributed by atoms with Gasteiger partial charge in [-0.25, -0.2) is 0 Å². The average Bonchev–Trinajstić information content (AvgIpc) is 2.45. The van der Waals surface area contributed by atoms with Crippen LogP contribution in [0.2, 0.25) is 0 Å². The van der Waals surface area contributed by atoms with Crippen molar-refractivity contribution in [1.82, 2.24) is 5.32 Å². The first-order chi connectivity index (χ1) is 10.0. The zero-order valence-corrected chi connectivity index (χ0v) is 12.3. The number of hydrogen-bond donors (Lipinski definition) is 2. The Kier molecular flexibility index (Phi) is 5.18. The molecule has 0 aliphatic heterocycles. The van der Waals surface area contributed by atoms with Crippen molar-refractivity contribution in [2.75, 3.05) is 7.11 Å². The monoisotopic (exact) mass is 318 g/mol. The summed E-state index contributed by atoms with van der Waals surface area (Å²) in [5.41, 5.74) is 2.49. The van der Waals surface area contributed by atoms with Gasteiger partial charge in [-0.3, -0.25) is 9.59 Å². The van der Waals surface area contributed by atoms with Gasteiger partial charge < -0.3 is 15.8 Å². The fourth-order valence-electron chi connectivity index (χ4n) is 1.74. The number of alkyl halides is 3. The quantitative estimate of drug-likeness (QED) is 0.864. The molecule has 0 saturated heterocycles. The maximum atomic E-state index is 12.8. The molecule has 0 aromatic heterocycles. The van der Waals surface area contributed by atoms with E-state index in [2.05, 4.69) is 5.32 Å². The van der Waals surface area contributed by atoms with Crippen LogP contribution in [0.5, 0.6) is 0 Å². The maximum absolute atomic E-state index is 12.8. The minimum atomic E-state index is -4.57. The number of benzene rings is 1. The van der Waals surface area contributed by atoms with Crippen molar-refractivity contribution in [1.29, 1.82) is 0 Å². The van der Waals surface area contributed by atoms with Crippen LogP contribution in [0.4, 0.5) is 13.2 Å². The fourth-order valence-corrected chi connectivity index (χ4v) is 1.74. The lowest BCUT2D eigenvalue weighted by atomic mass is 9.89. The van der Waals surface area contributed by atoms with E-state index in [-0.39, 0.29) is 5.56 Å². The number of rotatable bonds is 5. The summed E-state index contributed by atoms with van der Waals surface area (Å²) in [5.74, 6) is -1.65. The summed E-state index contributed by atoms with van der Waals surface area (Å²) in [7, 11) is 1.29. The van der Waals surface area contributed by atoms with Crippen molar-refractivity contribution >= 4 is 11.8 Å². The molecule has 0 unspecified atom stereocenters. The number of ether oxygens (including phenoxy) is 1.